The summed E-state index contributed by atoms with van der Waals surface area (Å²) in [6.45, 7) is 3.06. The highest BCUT2D eigenvalue weighted by atomic mass is 16.5. The molecule has 0 rings (SSSR count). The summed E-state index contributed by atoms with van der Waals surface area (Å²) in [7, 11) is 1.32. The van der Waals surface area contributed by atoms with Crippen LogP contribution in [0.4, 0.5) is 0 Å². The minimum atomic E-state index is -1.05. The van der Waals surface area contributed by atoms with Gasteiger partial charge in [0.1, 0.15) is 0 Å². The van der Waals surface area contributed by atoms with Crippen LogP contribution in [0.2, 0.25) is 0 Å². The molecule has 0 saturated carbocycles. The average Bonchev–Trinajstić information content (AvgIpc) is 1.88. The van der Waals surface area contributed by atoms with E-state index < -0.39 is 17.5 Å². The Bertz CT molecular complexity index is 141. The van der Waals surface area contributed by atoms with Crippen molar-refractivity contribution in [2.24, 2.45) is 5.41 Å². The molecule has 0 unspecified atom stereocenters. The molecule has 0 heterocycles. The van der Waals surface area contributed by atoms with E-state index in [1.54, 1.807) is 13.8 Å². The maximum absolute atomic E-state index is 10.5. The van der Waals surface area contributed by atoms with Crippen molar-refractivity contribution >= 4 is 5.97 Å². The first-order valence-corrected chi connectivity index (χ1v) is 3.32. The molecule has 66 valence electrons. The number of hydrogen-bond acceptors (Lipinski definition) is 3. The fourth-order valence-corrected chi connectivity index (χ4v) is 0.837. The van der Waals surface area contributed by atoms with Gasteiger partial charge in [-0.1, -0.05) is 13.8 Å². The standard InChI is InChI=1S/C7H14O4/c1-7(2,4-8)5(11-3)6(9)10/h5,8H,4H2,1-3H3,(H,9,10)/t5-/m0/s1. The lowest BCUT2D eigenvalue weighted by molar-refractivity contribution is -0.158. The first kappa shape index (κ1) is 10.4. The zero-order valence-corrected chi connectivity index (χ0v) is 7.00. The minimum absolute atomic E-state index is 0.211. The first-order valence-electron chi connectivity index (χ1n) is 3.32. The van der Waals surface area contributed by atoms with Crippen molar-refractivity contribution in [2.45, 2.75) is 20.0 Å². The molecule has 0 aliphatic rings. The Kier molecular flexibility index (Phi) is 3.48. The van der Waals surface area contributed by atoms with Gasteiger partial charge in [-0.25, -0.2) is 4.79 Å². The van der Waals surface area contributed by atoms with Gasteiger partial charge in [-0.15, -0.1) is 0 Å². The van der Waals surface area contributed by atoms with Crippen LogP contribution in [0.15, 0.2) is 0 Å². The van der Waals surface area contributed by atoms with Crippen LogP contribution < -0.4 is 0 Å². The molecule has 0 bridgehead atoms. The second-order valence-corrected chi connectivity index (χ2v) is 3.10. The van der Waals surface area contributed by atoms with Gasteiger partial charge >= 0.3 is 5.97 Å². The molecule has 0 aromatic heterocycles. The fraction of sp³-hybridized carbons (Fsp3) is 0.857. The van der Waals surface area contributed by atoms with Gasteiger partial charge in [-0.2, -0.15) is 0 Å². The van der Waals surface area contributed by atoms with Crippen molar-refractivity contribution in [2.75, 3.05) is 13.7 Å². The van der Waals surface area contributed by atoms with E-state index in [1.165, 1.54) is 7.11 Å². The molecule has 11 heavy (non-hydrogen) atoms. The third-order valence-corrected chi connectivity index (χ3v) is 1.58. The van der Waals surface area contributed by atoms with E-state index in [2.05, 4.69) is 0 Å². The summed E-state index contributed by atoms with van der Waals surface area (Å²) in [6, 6.07) is 0. The lowest BCUT2D eigenvalue weighted by atomic mass is 9.87. The predicted octanol–water partition coefficient (Wildman–Crippen LogP) is 0.104. The van der Waals surface area contributed by atoms with Crippen LogP contribution in [-0.4, -0.2) is 36.0 Å². The lowest BCUT2D eigenvalue weighted by Crippen LogP contribution is -2.40. The molecule has 0 aromatic carbocycles. The van der Waals surface area contributed by atoms with Crippen molar-refractivity contribution in [3.8, 4) is 0 Å². The topological polar surface area (TPSA) is 66.8 Å². The Balaban J connectivity index is 4.36. The number of carboxylic acid groups (broad SMARTS) is 1. The third kappa shape index (κ3) is 2.48. The number of aliphatic carboxylic acids is 1. The van der Waals surface area contributed by atoms with Gasteiger partial charge in [-0.05, 0) is 0 Å². The van der Waals surface area contributed by atoms with E-state index in [9.17, 15) is 4.79 Å². The zero-order chi connectivity index (χ0) is 9.07. The Labute approximate surface area is 65.8 Å². The highest BCUT2D eigenvalue weighted by Gasteiger charge is 2.34. The number of rotatable bonds is 4. The number of carboxylic acids is 1. The lowest BCUT2D eigenvalue weighted by Gasteiger charge is -2.27. The summed E-state index contributed by atoms with van der Waals surface area (Å²) < 4.78 is 4.71. The van der Waals surface area contributed by atoms with E-state index in [0.717, 1.165) is 0 Å². The van der Waals surface area contributed by atoms with E-state index in [-0.39, 0.29) is 6.61 Å². The van der Waals surface area contributed by atoms with Gasteiger partial charge in [0.05, 0.1) is 6.61 Å². The summed E-state index contributed by atoms with van der Waals surface area (Å²) in [5, 5.41) is 17.4. The average molecular weight is 162 g/mol. The highest BCUT2D eigenvalue weighted by molar-refractivity contribution is 5.73. The second-order valence-electron chi connectivity index (χ2n) is 3.10. The molecular weight excluding hydrogens is 148 g/mol. The minimum Gasteiger partial charge on any atom is -0.479 e. The Morgan fingerprint density at radius 1 is 1.64 bits per heavy atom. The van der Waals surface area contributed by atoms with Gasteiger partial charge in [0, 0.05) is 12.5 Å². The fourth-order valence-electron chi connectivity index (χ4n) is 0.837. The Hall–Kier alpha value is -0.610. The molecular formula is C7H14O4. The molecule has 0 aliphatic heterocycles. The van der Waals surface area contributed by atoms with Gasteiger partial charge in [0.15, 0.2) is 6.10 Å². The molecule has 0 radical (unpaired) electrons. The SMILES string of the molecule is CO[C@@H](C(=O)O)C(C)(C)CO. The molecule has 4 heteroatoms. The smallest absolute Gasteiger partial charge is 0.333 e. The largest absolute Gasteiger partial charge is 0.479 e. The maximum Gasteiger partial charge on any atom is 0.333 e. The molecule has 0 aromatic rings. The summed E-state index contributed by atoms with van der Waals surface area (Å²) in [4.78, 5) is 10.5. The molecule has 1 atom stereocenters. The van der Waals surface area contributed by atoms with E-state index in [1.807, 2.05) is 0 Å². The summed E-state index contributed by atoms with van der Waals surface area (Å²) >= 11 is 0. The quantitative estimate of drug-likeness (QED) is 0.615. The molecule has 0 fully saturated rings. The summed E-state index contributed by atoms with van der Waals surface area (Å²) in [6.07, 6.45) is -0.951. The zero-order valence-electron chi connectivity index (χ0n) is 7.00. The van der Waals surface area contributed by atoms with E-state index in [4.69, 9.17) is 14.9 Å². The molecule has 4 nitrogen and oxygen atoms in total. The van der Waals surface area contributed by atoms with Gasteiger partial charge in [-0.3, -0.25) is 0 Å². The van der Waals surface area contributed by atoms with Crippen LogP contribution in [-0.2, 0) is 9.53 Å². The Morgan fingerprint density at radius 3 is 2.18 bits per heavy atom. The molecule has 0 aliphatic carbocycles. The van der Waals surface area contributed by atoms with Crippen LogP contribution in [0, 0.1) is 5.41 Å². The first-order chi connectivity index (χ1) is 4.95. The van der Waals surface area contributed by atoms with Gasteiger partial charge < -0.3 is 14.9 Å². The second kappa shape index (κ2) is 3.69. The number of ether oxygens (including phenoxy) is 1. The van der Waals surface area contributed by atoms with Crippen LogP contribution >= 0.6 is 0 Å². The van der Waals surface area contributed by atoms with Gasteiger partial charge in [0.2, 0.25) is 0 Å². The van der Waals surface area contributed by atoms with Gasteiger partial charge in [0.25, 0.3) is 0 Å². The number of carbonyl (C=O) groups is 1. The normalized spacial score (nSPS) is 14.5. The summed E-state index contributed by atoms with van der Waals surface area (Å²) in [5.74, 6) is -1.05. The van der Waals surface area contributed by atoms with Crippen molar-refractivity contribution < 1.29 is 19.7 Å². The van der Waals surface area contributed by atoms with E-state index >= 15 is 0 Å². The van der Waals surface area contributed by atoms with E-state index in [0.29, 0.717) is 0 Å². The predicted molar refractivity (Wildman–Crippen MR) is 39.3 cm³/mol. The molecule has 0 saturated heterocycles. The number of hydrogen-bond donors (Lipinski definition) is 2. The van der Waals surface area contributed by atoms with Crippen LogP contribution in [0.3, 0.4) is 0 Å². The van der Waals surface area contributed by atoms with Crippen LogP contribution in [0.1, 0.15) is 13.8 Å². The Morgan fingerprint density at radius 2 is 2.09 bits per heavy atom. The van der Waals surface area contributed by atoms with Crippen LogP contribution in [0.25, 0.3) is 0 Å². The summed E-state index contributed by atoms with van der Waals surface area (Å²) in [5.41, 5.74) is -0.736. The number of methoxy groups -OCH3 is 1. The third-order valence-electron chi connectivity index (χ3n) is 1.58. The molecule has 0 spiro atoms. The van der Waals surface area contributed by atoms with Crippen molar-refractivity contribution in [1.29, 1.82) is 0 Å². The molecule has 2 N–H and O–H groups in total. The molecule has 0 amide bonds. The van der Waals surface area contributed by atoms with Crippen LogP contribution in [0.5, 0.6) is 0 Å². The van der Waals surface area contributed by atoms with Crippen molar-refractivity contribution in [3.63, 3.8) is 0 Å². The number of aliphatic hydroxyl groups excluding tert-OH is 1. The monoisotopic (exact) mass is 162 g/mol. The van der Waals surface area contributed by atoms with Crippen molar-refractivity contribution in [3.05, 3.63) is 0 Å². The maximum atomic E-state index is 10.5. The number of aliphatic hydroxyl groups is 1. The van der Waals surface area contributed by atoms with Crippen molar-refractivity contribution in [1.82, 2.24) is 0 Å². The highest BCUT2D eigenvalue weighted by Crippen LogP contribution is 2.21.